The van der Waals surface area contributed by atoms with Crippen molar-refractivity contribution in [2.75, 3.05) is 14.1 Å². The Morgan fingerprint density at radius 1 is 1.12 bits per heavy atom. The van der Waals surface area contributed by atoms with E-state index in [1.54, 1.807) is 18.3 Å². The van der Waals surface area contributed by atoms with Gasteiger partial charge in [0.15, 0.2) is 0 Å². The van der Waals surface area contributed by atoms with Crippen LogP contribution in [0.5, 0.6) is 0 Å². The number of carbonyl (C=O) groups excluding carboxylic acids is 1. The molecular formula is C14H27NOS. The highest BCUT2D eigenvalue weighted by molar-refractivity contribution is 7.12. The van der Waals surface area contributed by atoms with Crippen molar-refractivity contribution in [2.24, 2.45) is 0 Å². The second kappa shape index (κ2) is 11.8. The standard InChI is InChI=1S/C10H15NOS.2C2H6/c1-8(12)6-9-4-5-10(13-9)7-11(2)3;2*1-2/h4-5H,6-7H2,1-3H3;2*1-2H3. The summed E-state index contributed by atoms with van der Waals surface area (Å²) in [6.07, 6.45) is 0.581. The first kappa shape index (κ1) is 18.7. The van der Waals surface area contributed by atoms with Crippen LogP contribution in [0.1, 0.15) is 44.4 Å². The van der Waals surface area contributed by atoms with Gasteiger partial charge in [-0.15, -0.1) is 11.3 Å². The molecule has 0 bridgehead atoms. The predicted molar refractivity (Wildman–Crippen MR) is 78.8 cm³/mol. The molecule has 0 unspecified atom stereocenters. The maximum Gasteiger partial charge on any atom is 0.135 e. The molecular weight excluding hydrogens is 230 g/mol. The van der Waals surface area contributed by atoms with Gasteiger partial charge < -0.3 is 4.90 Å². The van der Waals surface area contributed by atoms with Crippen molar-refractivity contribution in [3.63, 3.8) is 0 Å². The van der Waals surface area contributed by atoms with Crippen LogP contribution in [-0.4, -0.2) is 24.8 Å². The van der Waals surface area contributed by atoms with Crippen molar-refractivity contribution in [1.82, 2.24) is 4.90 Å². The van der Waals surface area contributed by atoms with Crippen LogP contribution < -0.4 is 0 Å². The average Bonchev–Trinajstić information content (AvgIpc) is 2.69. The molecule has 100 valence electrons. The first-order chi connectivity index (χ1) is 8.08. The van der Waals surface area contributed by atoms with E-state index in [0.717, 1.165) is 6.54 Å². The number of nitrogens with zero attached hydrogens (tertiary/aromatic N) is 1. The molecule has 3 heteroatoms. The maximum atomic E-state index is 10.8. The van der Waals surface area contributed by atoms with Crippen LogP contribution in [0.15, 0.2) is 12.1 Å². The Kier molecular flexibility index (Phi) is 13.0. The monoisotopic (exact) mass is 257 g/mol. The number of Topliss-reactive ketones (excluding diaryl/α,β-unsaturated/α-hetero) is 1. The quantitative estimate of drug-likeness (QED) is 0.813. The Hall–Kier alpha value is -0.670. The zero-order valence-corrected chi connectivity index (χ0v) is 13.1. The Bertz CT molecular complexity index is 292. The summed E-state index contributed by atoms with van der Waals surface area (Å²) in [6.45, 7) is 10.6. The van der Waals surface area contributed by atoms with Gasteiger partial charge in [0.25, 0.3) is 0 Å². The minimum atomic E-state index is 0.234. The molecule has 0 aliphatic carbocycles. The Morgan fingerprint density at radius 2 is 1.59 bits per heavy atom. The number of carbonyl (C=O) groups is 1. The fraction of sp³-hybridized carbons (Fsp3) is 0.643. The lowest BCUT2D eigenvalue weighted by Crippen LogP contribution is -2.09. The Balaban J connectivity index is 0. The molecule has 0 fully saturated rings. The van der Waals surface area contributed by atoms with Gasteiger partial charge in [-0.05, 0) is 33.2 Å². The van der Waals surface area contributed by atoms with E-state index in [-0.39, 0.29) is 5.78 Å². The summed E-state index contributed by atoms with van der Waals surface area (Å²) in [6, 6.07) is 4.15. The van der Waals surface area contributed by atoms with Gasteiger partial charge in [0.05, 0.1) is 0 Å². The average molecular weight is 257 g/mol. The summed E-state index contributed by atoms with van der Waals surface area (Å²) in [4.78, 5) is 15.5. The summed E-state index contributed by atoms with van der Waals surface area (Å²) in [5.74, 6) is 0.234. The normalized spacial score (nSPS) is 8.94. The highest BCUT2D eigenvalue weighted by Gasteiger charge is 2.03. The number of rotatable bonds is 4. The first-order valence-electron chi connectivity index (χ1n) is 6.29. The van der Waals surface area contributed by atoms with Crippen molar-refractivity contribution in [3.8, 4) is 0 Å². The fourth-order valence-electron chi connectivity index (χ4n) is 1.16. The van der Waals surface area contributed by atoms with Gasteiger partial charge >= 0.3 is 0 Å². The van der Waals surface area contributed by atoms with Crippen molar-refractivity contribution in [3.05, 3.63) is 21.9 Å². The van der Waals surface area contributed by atoms with Crippen LogP contribution in [0.2, 0.25) is 0 Å². The predicted octanol–water partition coefficient (Wildman–Crippen LogP) is 3.99. The van der Waals surface area contributed by atoms with Crippen LogP contribution in [0.3, 0.4) is 0 Å². The molecule has 0 aromatic carbocycles. The number of thiophene rings is 1. The molecule has 1 rings (SSSR count). The van der Waals surface area contributed by atoms with E-state index in [1.165, 1.54) is 9.75 Å². The van der Waals surface area contributed by atoms with Gasteiger partial charge in [-0.3, -0.25) is 4.79 Å². The third kappa shape index (κ3) is 10.2. The van der Waals surface area contributed by atoms with Gasteiger partial charge in [-0.2, -0.15) is 0 Å². The second-order valence-corrected chi connectivity index (χ2v) is 4.74. The largest absolute Gasteiger partial charge is 0.304 e. The van der Waals surface area contributed by atoms with Crippen molar-refractivity contribution < 1.29 is 4.79 Å². The van der Waals surface area contributed by atoms with E-state index in [1.807, 2.05) is 47.9 Å². The van der Waals surface area contributed by atoms with E-state index >= 15 is 0 Å². The summed E-state index contributed by atoms with van der Waals surface area (Å²) in [5.41, 5.74) is 0. The third-order valence-electron chi connectivity index (χ3n) is 1.61. The molecule has 2 nitrogen and oxygen atoms in total. The molecule has 17 heavy (non-hydrogen) atoms. The van der Waals surface area contributed by atoms with Crippen LogP contribution in [0, 0.1) is 0 Å². The molecule has 0 radical (unpaired) electrons. The maximum absolute atomic E-state index is 10.8. The number of ketones is 1. The molecule has 0 atom stereocenters. The minimum Gasteiger partial charge on any atom is -0.304 e. The molecule has 0 spiro atoms. The van der Waals surface area contributed by atoms with Crippen LogP contribution in [0.4, 0.5) is 0 Å². The molecule has 0 aliphatic rings. The molecule has 0 aliphatic heterocycles. The van der Waals surface area contributed by atoms with Crippen LogP contribution in [0.25, 0.3) is 0 Å². The zero-order chi connectivity index (χ0) is 13.8. The van der Waals surface area contributed by atoms with Gasteiger partial charge in [-0.25, -0.2) is 0 Å². The summed E-state index contributed by atoms with van der Waals surface area (Å²) in [5, 5.41) is 0. The van der Waals surface area contributed by atoms with E-state index in [4.69, 9.17) is 0 Å². The molecule has 0 N–H and O–H groups in total. The van der Waals surface area contributed by atoms with E-state index in [9.17, 15) is 4.79 Å². The third-order valence-corrected chi connectivity index (χ3v) is 2.68. The highest BCUT2D eigenvalue weighted by atomic mass is 32.1. The van der Waals surface area contributed by atoms with E-state index < -0.39 is 0 Å². The lowest BCUT2D eigenvalue weighted by atomic mass is 10.3. The first-order valence-corrected chi connectivity index (χ1v) is 7.11. The summed E-state index contributed by atoms with van der Waals surface area (Å²) in [7, 11) is 4.09. The molecule has 1 aromatic rings. The van der Waals surface area contributed by atoms with Gasteiger partial charge in [0.2, 0.25) is 0 Å². The second-order valence-electron chi connectivity index (χ2n) is 3.48. The topological polar surface area (TPSA) is 20.3 Å². The Morgan fingerprint density at radius 3 is 2.00 bits per heavy atom. The SMILES string of the molecule is CC.CC.CC(=O)Cc1ccc(CN(C)C)s1. The highest BCUT2D eigenvalue weighted by Crippen LogP contribution is 2.18. The van der Waals surface area contributed by atoms with Crippen LogP contribution >= 0.6 is 11.3 Å². The minimum absolute atomic E-state index is 0.234. The smallest absolute Gasteiger partial charge is 0.135 e. The van der Waals surface area contributed by atoms with Gasteiger partial charge in [0.1, 0.15) is 5.78 Å². The fourth-order valence-corrected chi connectivity index (χ4v) is 2.37. The number of hydrogen-bond acceptors (Lipinski definition) is 3. The molecule has 0 saturated heterocycles. The molecule has 0 amide bonds. The lowest BCUT2D eigenvalue weighted by molar-refractivity contribution is -0.116. The molecule has 1 aromatic heterocycles. The van der Waals surface area contributed by atoms with Crippen molar-refractivity contribution in [1.29, 1.82) is 0 Å². The molecule has 0 saturated carbocycles. The molecule has 1 heterocycles. The van der Waals surface area contributed by atoms with E-state index in [2.05, 4.69) is 11.0 Å². The Labute approximate surface area is 111 Å². The lowest BCUT2D eigenvalue weighted by Gasteiger charge is -2.05. The van der Waals surface area contributed by atoms with Crippen molar-refractivity contribution >= 4 is 17.1 Å². The number of hydrogen-bond donors (Lipinski definition) is 0. The summed E-state index contributed by atoms with van der Waals surface area (Å²) < 4.78 is 0. The van der Waals surface area contributed by atoms with E-state index in [0.29, 0.717) is 6.42 Å². The summed E-state index contributed by atoms with van der Waals surface area (Å²) >= 11 is 1.73. The van der Waals surface area contributed by atoms with Gasteiger partial charge in [0, 0.05) is 22.7 Å². The van der Waals surface area contributed by atoms with Crippen molar-refractivity contribution in [2.45, 2.75) is 47.6 Å². The van der Waals surface area contributed by atoms with Gasteiger partial charge in [-0.1, -0.05) is 27.7 Å². The zero-order valence-electron chi connectivity index (χ0n) is 12.3. The van der Waals surface area contributed by atoms with Crippen LogP contribution in [-0.2, 0) is 17.8 Å².